The second-order valence-corrected chi connectivity index (χ2v) is 13.8. The van der Waals surface area contributed by atoms with E-state index in [0.717, 1.165) is 18.7 Å². The van der Waals surface area contributed by atoms with Crippen molar-refractivity contribution in [3.8, 4) is 17.2 Å². The number of piperidine rings is 1. The van der Waals surface area contributed by atoms with Crippen LogP contribution in [0.25, 0.3) is 0 Å². The Morgan fingerprint density at radius 2 is 1.86 bits per heavy atom. The first-order valence-corrected chi connectivity index (χ1v) is 17.7. The van der Waals surface area contributed by atoms with Crippen molar-refractivity contribution in [3.63, 3.8) is 0 Å². The monoisotopic (exact) mass is 700 g/mol. The van der Waals surface area contributed by atoms with E-state index in [2.05, 4.69) is 20.1 Å². The summed E-state index contributed by atoms with van der Waals surface area (Å²) in [6, 6.07) is 15.8. The number of carbonyl (C=O) groups is 3. The molecule has 0 spiro atoms. The molecule has 3 aliphatic rings. The Kier molecular flexibility index (Phi) is 11.7. The summed E-state index contributed by atoms with van der Waals surface area (Å²) >= 11 is 0. The summed E-state index contributed by atoms with van der Waals surface area (Å²) in [6.07, 6.45) is 1.66. The van der Waals surface area contributed by atoms with Crippen LogP contribution < -0.4 is 19.7 Å². The molecule has 4 bridgehead atoms. The molecular weight excluding hydrogens is 652 g/mol. The lowest BCUT2D eigenvalue weighted by atomic mass is 10.00. The van der Waals surface area contributed by atoms with E-state index in [1.807, 2.05) is 44.2 Å². The number of rotatable bonds is 7. The van der Waals surface area contributed by atoms with Gasteiger partial charge >= 0.3 is 0 Å². The van der Waals surface area contributed by atoms with Gasteiger partial charge in [-0.3, -0.25) is 19.3 Å². The lowest BCUT2D eigenvalue weighted by Crippen LogP contribution is -2.57. The van der Waals surface area contributed by atoms with Crippen molar-refractivity contribution in [1.29, 1.82) is 0 Å². The van der Waals surface area contributed by atoms with Gasteiger partial charge in [0.05, 0.1) is 44.1 Å². The molecule has 2 atom stereocenters. The van der Waals surface area contributed by atoms with E-state index in [-0.39, 0.29) is 56.0 Å². The number of piperazine rings is 1. The highest BCUT2D eigenvalue weighted by Gasteiger charge is 2.35. The normalized spacial score (nSPS) is 20.5. The molecule has 3 amide bonds. The third-order valence-corrected chi connectivity index (χ3v) is 9.33. The zero-order valence-corrected chi connectivity index (χ0v) is 29.6. The number of pyridine rings is 1. The fourth-order valence-electron chi connectivity index (χ4n) is 6.64. The number of ether oxygens (including phenoxy) is 3. The van der Waals surface area contributed by atoms with Crippen molar-refractivity contribution < 1.29 is 33.7 Å². The van der Waals surface area contributed by atoms with Gasteiger partial charge in [0, 0.05) is 70.7 Å². The van der Waals surface area contributed by atoms with Crippen LogP contribution in [0, 0.1) is 5.92 Å². The maximum absolute atomic E-state index is 14.1. The van der Waals surface area contributed by atoms with Crippen LogP contribution in [0.4, 0.5) is 5.82 Å². The molecule has 0 radical (unpaired) electrons. The molecule has 0 unspecified atom stereocenters. The van der Waals surface area contributed by atoms with E-state index in [1.165, 1.54) is 4.90 Å². The molecule has 4 heterocycles. The number of hydrogen-bond acceptors (Lipinski definition) is 10. The van der Waals surface area contributed by atoms with Crippen molar-refractivity contribution >= 4 is 23.5 Å². The number of likely N-dealkylation sites (tertiary alicyclic amines) is 1. The van der Waals surface area contributed by atoms with Crippen LogP contribution >= 0.6 is 0 Å². The maximum atomic E-state index is 14.1. The van der Waals surface area contributed by atoms with Crippen LogP contribution in [0.1, 0.15) is 46.5 Å². The summed E-state index contributed by atoms with van der Waals surface area (Å²) in [7, 11) is 1.59. The van der Waals surface area contributed by atoms with Crippen LogP contribution in [0.15, 0.2) is 60.8 Å². The van der Waals surface area contributed by atoms with E-state index in [0.29, 0.717) is 73.4 Å². The molecule has 2 N–H and O–H groups in total. The standard InChI is InChI=1S/C38H48N6O7/c1-26(2)24-49-30-19-28-20-31(21-30)51-29-7-4-6-27(18-29)25-50-34-22-44(11-9-33(34)40-35(46)23-41(3)37(28)47)38(48)32-8-5-10-39-36(32)43-14-12-42(13-15-43)16-17-45/h4-8,10,18-21,26,33-34,45H,9,11-17,22-25H2,1-3H3,(H,40,46)/t33-,34-/m0/s1. The topological polar surface area (TPSA) is 137 Å². The van der Waals surface area contributed by atoms with Gasteiger partial charge in [-0.25, -0.2) is 4.98 Å². The lowest BCUT2D eigenvalue weighted by Gasteiger charge is -2.40. The van der Waals surface area contributed by atoms with Gasteiger partial charge < -0.3 is 39.3 Å². The lowest BCUT2D eigenvalue weighted by molar-refractivity contribution is -0.124. The van der Waals surface area contributed by atoms with E-state index >= 15 is 0 Å². The van der Waals surface area contributed by atoms with Crippen molar-refractivity contribution in [2.45, 2.75) is 39.0 Å². The molecule has 6 rings (SSSR count). The summed E-state index contributed by atoms with van der Waals surface area (Å²) in [5.41, 5.74) is 1.72. The summed E-state index contributed by atoms with van der Waals surface area (Å²) in [4.78, 5) is 53.2. The summed E-state index contributed by atoms with van der Waals surface area (Å²) < 4.78 is 18.7. The quantitative estimate of drug-likeness (QED) is 0.379. The number of aliphatic hydroxyl groups is 1. The number of aromatic nitrogens is 1. The highest BCUT2D eigenvalue weighted by atomic mass is 16.5. The largest absolute Gasteiger partial charge is 0.493 e. The second kappa shape index (κ2) is 16.5. The Balaban J connectivity index is 1.22. The number of amides is 3. The van der Waals surface area contributed by atoms with Gasteiger partial charge in [-0.2, -0.15) is 0 Å². The third-order valence-electron chi connectivity index (χ3n) is 9.33. The first kappa shape index (κ1) is 36.1. The number of hydrogen-bond donors (Lipinski definition) is 2. The molecule has 1 aromatic heterocycles. The Labute approximate surface area is 299 Å². The van der Waals surface area contributed by atoms with Crippen LogP contribution in [-0.2, 0) is 16.1 Å². The summed E-state index contributed by atoms with van der Waals surface area (Å²) in [6.45, 7) is 9.00. The van der Waals surface area contributed by atoms with Gasteiger partial charge in [0.1, 0.15) is 23.1 Å². The van der Waals surface area contributed by atoms with Crippen molar-refractivity contribution in [1.82, 2.24) is 25.0 Å². The van der Waals surface area contributed by atoms with Gasteiger partial charge in [0.25, 0.3) is 11.8 Å². The van der Waals surface area contributed by atoms with Gasteiger partial charge in [0.2, 0.25) is 5.91 Å². The minimum absolute atomic E-state index is 0.116. The SMILES string of the molecule is CC(C)COc1cc2cc(c1)C(=O)N(C)CC(=O)N[C@H]1CCN(C(=O)c3cccnc3N3CCN(CCO)CC3)C[C@@H]1OCc1cccc(c1)O2. The highest BCUT2D eigenvalue weighted by Crippen LogP contribution is 2.30. The zero-order valence-electron chi connectivity index (χ0n) is 29.6. The van der Waals surface area contributed by atoms with E-state index < -0.39 is 6.10 Å². The number of likely N-dealkylation sites (N-methyl/N-ethyl adjacent to an activating group) is 1. The minimum Gasteiger partial charge on any atom is -0.493 e. The van der Waals surface area contributed by atoms with Crippen LogP contribution in [0.3, 0.4) is 0 Å². The Bertz CT molecular complexity index is 1690. The van der Waals surface area contributed by atoms with Gasteiger partial charge in [0.15, 0.2) is 0 Å². The molecule has 272 valence electrons. The number of β-amino-alcohol motifs (C(OH)–C–C–N with tert-alkyl or cyclic N) is 1. The van der Waals surface area contributed by atoms with E-state index in [1.54, 1.807) is 42.4 Å². The number of carbonyl (C=O) groups excluding carboxylic acids is 3. The minimum atomic E-state index is -0.513. The molecule has 0 aliphatic carbocycles. The van der Waals surface area contributed by atoms with E-state index in [9.17, 15) is 19.5 Å². The smallest absolute Gasteiger partial charge is 0.257 e. The van der Waals surface area contributed by atoms with Crippen LogP contribution in [0.5, 0.6) is 17.2 Å². The third kappa shape index (κ3) is 9.15. The fraction of sp³-hybridized carbons (Fsp3) is 0.474. The van der Waals surface area contributed by atoms with Gasteiger partial charge in [-0.1, -0.05) is 26.0 Å². The predicted octanol–water partition coefficient (Wildman–Crippen LogP) is 3.02. The molecule has 13 nitrogen and oxygen atoms in total. The number of nitrogens with one attached hydrogen (secondary N) is 1. The molecular formula is C38H48N6O7. The van der Waals surface area contributed by atoms with Crippen molar-refractivity contribution in [2.75, 3.05) is 77.5 Å². The molecule has 2 saturated heterocycles. The molecule has 51 heavy (non-hydrogen) atoms. The average Bonchev–Trinajstić information content (AvgIpc) is 3.13. The van der Waals surface area contributed by atoms with Crippen LogP contribution in [-0.4, -0.2) is 127 Å². The summed E-state index contributed by atoms with van der Waals surface area (Å²) in [5.74, 6) is 1.63. The maximum Gasteiger partial charge on any atom is 0.257 e. The molecule has 2 aromatic carbocycles. The van der Waals surface area contributed by atoms with Crippen molar-refractivity contribution in [2.24, 2.45) is 5.92 Å². The fourth-order valence-corrected chi connectivity index (χ4v) is 6.64. The number of benzene rings is 2. The highest BCUT2D eigenvalue weighted by molar-refractivity contribution is 5.99. The second-order valence-electron chi connectivity index (χ2n) is 13.8. The van der Waals surface area contributed by atoms with Gasteiger partial charge in [-0.15, -0.1) is 0 Å². The number of nitrogens with zero attached hydrogens (tertiary/aromatic N) is 5. The number of aliphatic hydroxyl groups excluding tert-OH is 1. The molecule has 3 aliphatic heterocycles. The van der Waals surface area contributed by atoms with Crippen LogP contribution in [0.2, 0.25) is 0 Å². The average molecular weight is 701 g/mol. The molecule has 2 fully saturated rings. The van der Waals surface area contributed by atoms with E-state index in [4.69, 9.17) is 14.2 Å². The Morgan fingerprint density at radius 3 is 2.65 bits per heavy atom. The Hall–Kier alpha value is -4.72. The Morgan fingerprint density at radius 1 is 1.04 bits per heavy atom. The summed E-state index contributed by atoms with van der Waals surface area (Å²) in [5, 5.41) is 12.4. The first-order chi connectivity index (χ1) is 24.7. The number of anilines is 1. The van der Waals surface area contributed by atoms with Gasteiger partial charge in [-0.05, 0) is 54.3 Å². The molecule has 0 saturated carbocycles. The zero-order chi connectivity index (χ0) is 35.9. The first-order valence-electron chi connectivity index (χ1n) is 17.7. The molecule has 3 aromatic rings. The molecule has 13 heteroatoms. The van der Waals surface area contributed by atoms with Crippen molar-refractivity contribution in [3.05, 3.63) is 77.5 Å². The predicted molar refractivity (Wildman–Crippen MR) is 191 cm³/mol. The number of fused-ring (bicyclic) bond motifs is 5.